The zero-order valence-electron chi connectivity index (χ0n) is 12.1. The highest BCUT2D eigenvalue weighted by Crippen LogP contribution is 2.26. The van der Waals surface area contributed by atoms with Gasteiger partial charge in [0.1, 0.15) is 5.82 Å². The van der Waals surface area contributed by atoms with E-state index in [2.05, 4.69) is 12.2 Å². The topological polar surface area (TPSA) is 30.5 Å². The van der Waals surface area contributed by atoms with Crippen molar-refractivity contribution >= 4 is 11.6 Å². The number of halogens is 2. The largest absolute Gasteiger partial charge is 0.382 e. The minimum Gasteiger partial charge on any atom is -0.382 e. The van der Waals surface area contributed by atoms with Gasteiger partial charge in [0, 0.05) is 24.8 Å². The second-order valence-electron chi connectivity index (χ2n) is 4.57. The molecule has 0 aliphatic carbocycles. The van der Waals surface area contributed by atoms with Gasteiger partial charge in [-0.3, -0.25) is 0 Å². The van der Waals surface area contributed by atoms with Crippen LogP contribution in [0.1, 0.15) is 31.4 Å². The molecule has 0 aliphatic heterocycles. The molecule has 0 fully saturated rings. The molecule has 0 radical (unpaired) electrons. The van der Waals surface area contributed by atoms with E-state index in [1.807, 2.05) is 0 Å². The van der Waals surface area contributed by atoms with E-state index in [1.165, 1.54) is 12.1 Å². The monoisotopic (exact) mass is 303 g/mol. The molecule has 20 heavy (non-hydrogen) atoms. The van der Waals surface area contributed by atoms with Crippen molar-refractivity contribution in [1.82, 2.24) is 5.32 Å². The first kappa shape index (κ1) is 17.4. The summed E-state index contributed by atoms with van der Waals surface area (Å²) in [5.74, 6) is -0.270. The van der Waals surface area contributed by atoms with Crippen molar-refractivity contribution in [1.29, 1.82) is 0 Å². The van der Waals surface area contributed by atoms with Crippen molar-refractivity contribution < 1.29 is 13.9 Å². The van der Waals surface area contributed by atoms with Crippen molar-refractivity contribution in [2.45, 2.75) is 25.8 Å². The van der Waals surface area contributed by atoms with Crippen molar-refractivity contribution in [2.24, 2.45) is 0 Å². The van der Waals surface area contributed by atoms with Gasteiger partial charge in [0.25, 0.3) is 0 Å². The van der Waals surface area contributed by atoms with Crippen molar-refractivity contribution in [3.63, 3.8) is 0 Å². The second-order valence-corrected chi connectivity index (χ2v) is 4.97. The quantitative estimate of drug-likeness (QED) is 0.670. The van der Waals surface area contributed by atoms with Crippen LogP contribution in [0.25, 0.3) is 0 Å². The molecular weight excluding hydrogens is 281 g/mol. The molecule has 3 nitrogen and oxygen atoms in total. The second kappa shape index (κ2) is 10.1. The summed E-state index contributed by atoms with van der Waals surface area (Å²) < 4.78 is 23.8. The molecular formula is C15H23ClFNO2. The molecule has 1 aromatic carbocycles. The number of rotatable bonds is 10. The molecule has 0 heterocycles. The van der Waals surface area contributed by atoms with Gasteiger partial charge in [0.2, 0.25) is 0 Å². The minimum absolute atomic E-state index is 0.000643. The highest BCUT2D eigenvalue weighted by atomic mass is 35.5. The maximum Gasteiger partial charge on any atom is 0.123 e. The lowest BCUT2D eigenvalue weighted by Crippen LogP contribution is -2.24. The molecule has 1 N–H and O–H groups in total. The standard InChI is InChI=1S/C15H23ClFNO2/c1-3-7-18-15(6-8-20-10-9-19-2)13-11-12(17)4-5-14(13)16/h4-5,11,15,18H,3,6-10H2,1-2H3. The molecule has 1 rings (SSSR count). The Hall–Kier alpha value is -0.680. The lowest BCUT2D eigenvalue weighted by molar-refractivity contribution is 0.0657. The van der Waals surface area contributed by atoms with E-state index in [1.54, 1.807) is 13.2 Å². The van der Waals surface area contributed by atoms with E-state index >= 15 is 0 Å². The molecule has 0 saturated carbocycles. The summed E-state index contributed by atoms with van der Waals surface area (Å²) in [6.07, 6.45) is 1.75. The van der Waals surface area contributed by atoms with Gasteiger partial charge < -0.3 is 14.8 Å². The molecule has 0 aromatic heterocycles. The first-order chi connectivity index (χ1) is 9.69. The molecule has 0 saturated heterocycles. The molecule has 0 bridgehead atoms. The van der Waals surface area contributed by atoms with E-state index in [0.717, 1.165) is 24.9 Å². The van der Waals surface area contributed by atoms with Gasteiger partial charge in [-0.05, 0) is 43.1 Å². The number of nitrogens with one attached hydrogen (secondary N) is 1. The number of methoxy groups -OCH3 is 1. The summed E-state index contributed by atoms with van der Waals surface area (Å²) in [6.45, 7) is 4.67. The van der Waals surface area contributed by atoms with E-state index in [0.29, 0.717) is 24.8 Å². The van der Waals surface area contributed by atoms with Crippen LogP contribution in [0.15, 0.2) is 18.2 Å². The fraction of sp³-hybridized carbons (Fsp3) is 0.600. The normalized spacial score (nSPS) is 12.6. The first-order valence-electron chi connectivity index (χ1n) is 6.94. The van der Waals surface area contributed by atoms with Gasteiger partial charge in [-0.25, -0.2) is 4.39 Å². The Bertz CT molecular complexity index is 390. The Balaban J connectivity index is 2.60. The van der Waals surface area contributed by atoms with Gasteiger partial charge in [-0.15, -0.1) is 0 Å². The highest BCUT2D eigenvalue weighted by molar-refractivity contribution is 6.31. The number of hydrogen-bond acceptors (Lipinski definition) is 3. The van der Waals surface area contributed by atoms with Crippen LogP contribution in [-0.2, 0) is 9.47 Å². The summed E-state index contributed by atoms with van der Waals surface area (Å²) in [4.78, 5) is 0. The Labute approximate surface area is 125 Å². The maximum atomic E-state index is 13.4. The third kappa shape index (κ3) is 6.18. The Kier molecular flexibility index (Phi) is 8.78. The fourth-order valence-electron chi connectivity index (χ4n) is 1.91. The van der Waals surface area contributed by atoms with Gasteiger partial charge in [0.15, 0.2) is 0 Å². The minimum atomic E-state index is -0.270. The summed E-state index contributed by atoms with van der Waals surface area (Å²) in [5, 5.41) is 3.96. The Morgan fingerprint density at radius 1 is 1.30 bits per heavy atom. The van der Waals surface area contributed by atoms with Crippen LogP contribution in [0.3, 0.4) is 0 Å². The Morgan fingerprint density at radius 3 is 2.80 bits per heavy atom. The number of hydrogen-bond donors (Lipinski definition) is 1. The highest BCUT2D eigenvalue weighted by Gasteiger charge is 2.15. The fourth-order valence-corrected chi connectivity index (χ4v) is 2.16. The molecule has 114 valence electrons. The van der Waals surface area contributed by atoms with Crippen LogP contribution in [0.5, 0.6) is 0 Å². The molecule has 1 aromatic rings. The summed E-state index contributed by atoms with van der Waals surface area (Å²) in [7, 11) is 1.64. The number of ether oxygens (including phenoxy) is 2. The molecule has 1 unspecified atom stereocenters. The lowest BCUT2D eigenvalue weighted by Gasteiger charge is -2.20. The van der Waals surface area contributed by atoms with Crippen molar-refractivity contribution in [3.8, 4) is 0 Å². The molecule has 0 amide bonds. The van der Waals surface area contributed by atoms with Crippen molar-refractivity contribution in [2.75, 3.05) is 33.5 Å². The first-order valence-corrected chi connectivity index (χ1v) is 7.31. The molecule has 1 atom stereocenters. The number of benzene rings is 1. The van der Waals surface area contributed by atoms with E-state index in [9.17, 15) is 4.39 Å². The zero-order chi connectivity index (χ0) is 14.8. The molecule has 5 heteroatoms. The lowest BCUT2D eigenvalue weighted by atomic mass is 10.0. The zero-order valence-corrected chi connectivity index (χ0v) is 12.9. The predicted molar refractivity (Wildman–Crippen MR) is 79.8 cm³/mol. The Morgan fingerprint density at radius 2 is 2.10 bits per heavy atom. The molecule has 0 aliphatic rings. The average Bonchev–Trinajstić information content (AvgIpc) is 2.45. The van der Waals surface area contributed by atoms with E-state index < -0.39 is 0 Å². The SMILES string of the molecule is CCCNC(CCOCCOC)c1cc(F)ccc1Cl. The van der Waals surface area contributed by atoms with Crippen LogP contribution in [0.2, 0.25) is 5.02 Å². The van der Waals surface area contributed by atoms with Crippen LogP contribution in [0.4, 0.5) is 4.39 Å². The summed E-state index contributed by atoms with van der Waals surface area (Å²) in [6, 6.07) is 4.46. The van der Waals surface area contributed by atoms with Gasteiger partial charge >= 0.3 is 0 Å². The van der Waals surface area contributed by atoms with E-state index in [4.69, 9.17) is 21.1 Å². The maximum absolute atomic E-state index is 13.4. The van der Waals surface area contributed by atoms with Crippen molar-refractivity contribution in [3.05, 3.63) is 34.6 Å². The smallest absolute Gasteiger partial charge is 0.123 e. The van der Waals surface area contributed by atoms with Crippen LogP contribution in [-0.4, -0.2) is 33.5 Å². The van der Waals surface area contributed by atoms with Crippen LogP contribution >= 0.6 is 11.6 Å². The van der Waals surface area contributed by atoms with Crippen LogP contribution < -0.4 is 5.32 Å². The van der Waals surface area contributed by atoms with Gasteiger partial charge in [-0.2, -0.15) is 0 Å². The average molecular weight is 304 g/mol. The third-order valence-electron chi connectivity index (χ3n) is 2.96. The third-order valence-corrected chi connectivity index (χ3v) is 3.30. The summed E-state index contributed by atoms with van der Waals surface area (Å²) in [5.41, 5.74) is 0.787. The van der Waals surface area contributed by atoms with Gasteiger partial charge in [0.05, 0.1) is 13.2 Å². The predicted octanol–water partition coefficient (Wildman–Crippen LogP) is 3.57. The van der Waals surface area contributed by atoms with Gasteiger partial charge in [-0.1, -0.05) is 18.5 Å². The van der Waals surface area contributed by atoms with E-state index in [-0.39, 0.29) is 11.9 Å². The van der Waals surface area contributed by atoms with Crippen LogP contribution in [0, 0.1) is 5.82 Å². The molecule has 0 spiro atoms. The summed E-state index contributed by atoms with van der Waals surface area (Å²) >= 11 is 6.16.